The van der Waals surface area contributed by atoms with E-state index in [2.05, 4.69) is 39.8 Å². The molecule has 1 saturated carbocycles. The van der Waals surface area contributed by atoms with Crippen molar-refractivity contribution in [3.63, 3.8) is 0 Å². The summed E-state index contributed by atoms with van der Waals surface area (Å²) in [6, 6.07) is 4.42. The summed E-state index contributed by atoms with van der Waals surface area (Å²) >= 11 is 0. The Balaban J connectivity index is 2.43. The number of hydrogen-bond donors (Lipinski definition) is 1. The second kappa shape index (κ2) is 4.02. The molecule has 0 aromatic heterocycles. The molecule has 0 amide bonds. The zero-order chi connectivity index (χ0) is 12.8. The molecular weight excluding hydrogens is 210 g/mol. The Morgan fingerprint density at radius 1 is 1.24 bits per heavy atom. The van der Waals surface area contributed by atoms with Crippen molar-refractivity contribution in [2.24, 2.45) is 17.1 Å². The largest absolute Gasteiger partial charge is 0.496 e. The molecule has 0 heterocycles. The molecule has 1 fully saturated rings. The van der Waals surface area contributed by atoms with Crippen LogP contribution in [0.4, 0.5) is 0 Å². The Bertz CT molecular complexity index is 437. The third-order valence-corrected chi connectivity index (χ3v) is 4.49. The lowest BCUT2D eigenvalue weighted by Crippen LogP contribution is -2.05. The summed E-state index contributed by atoms with van der Waals surface area (Å²) in [5.41, 5.74) is 10.1. The molecule has 0 spiro atoms. The van der Waals surface area contributed by atoms with Gasteiger partial charge in [0.2, 0.25) is 0 Å². The zero-order valence-corrected chi connectivity index (χ0v) is 11.5. The highest BCUT2D eigenvalue weighted by Gasteiger charge is 2.58. The zero-order valence-electron chi connectivity index (χ0n) is 11.5. The van der Waals surface area contributed by atoms with Gasteiger partial charge in [-0.25, -0.2) is 0 Å². The minimum atomic E-state index is 0.309. The summed E-state index contributed by atoms with van der Waals surface area (Å²) in [5, 5.41) is 0. The quantitative estimate of drug-likeness (QED) is 0.871. The van der Waals surface area contributed by atoms with Crippen molar-refractivity contribution < 1.29 is 4.74 Å². The van der Waals surface area contributed by atoms with Crippen LogP contribution >= 0.6 is 0 Å². The van der Waals surface area contributed by atoms with Crippen molar-refractivity contribution in [3.05, 3.63) is 28.8 Å². The van der Waals surface area contributed by atoms with Crippen LogP contribution in [-0.4, -0.2) is 13.7 Å². The van der Waals surface area contributed by atoms with Gasteiger partial charge in [0, 0.05) is 0 Å². The molecule has 2 heteroatoms. The van der Waals surface area contributed by atoms with Gasteiger partial charge in [0.1, 0.15) is 5.75 Å². The summed E-state index contributed by atoms with van der Waals surface area (Å²) in [6.45, 7) is 9.63. The van der Waals surface area contributed by atoms with Crippen LogP contribution in [-0.2, 0) is 0 Å². The van der Waals surface area contributed by atoms with E-state index in [4.69, 9.17) is 10.5 Å². The summed E-state index contributed by atoms with van der Waals surface area (Å²) in [7, 11) is 1.75. The Kier molecular flexibility index (Phi) is 2.94. The standard InChI is InChI=1S/C15H23NO/c1-9-6-11(13(17-5)7-10(9)2)14-12(8-16)15(14,3)4/h6-7,12,14H,8,16H2,1-5H3/t12-,14-/m1/s1. The maximum absolute atomic E-state index is 5.86. The predicted molar refractivity (Wildman–Crippen MR) is 71.5 cm³/mol. The van der Waals surface area contributed by atoms with Gasteiger partial charge in [0.05, 0.1) is 7.11 Å². The fourth-order valence-corrected chi connectivity index (χ4v) is 3.03. The first-order valence-corrected chi connectivity index (χ1v) is 6.28. The number of hydrogen-bond acceptors (Lipinski definition) is 2. The van der Waals surface area contributed by atoms with Gasteiger partial charge in [0.15, 0.2) is 0 Å². The fourth-order valence-electron chi connectivity index (χ4n) is 3.03. The third-order valence-electron chi connectivity index (χ3n) is 4.49. The van der Waals surface area contributed by atoms with Gasteiger partial charge in [-0.3, -0.25) is 0 Å². The number of benzene rings is 1. The van der Waals surface area contributed by atoms with E-state index in [0.717, 1.165) is 12.3 Å². The summed E-state index contributed by atoms with van der Waals surface area (Å²) in [6.07, 6.45) is 0. The Labute approximate surface area is 104 Å². The lowest BCUT2D eigenvalue weighted by molar-refractivity contribution is 0.407. The normalized spacial score (nSPS) is 25.8. The van der Waals surface area contributed by atoms with Gasteiger partial charge in [0.25, 0.3) is 0 Å². The molecule has 1 aromatic carbocycles. The smallest absolute Gasteiger partial charge is 0.122 e. The van der Waals surface area contributed by atoms with Gasteiger partial charge in [-0.1, -0.05) is 19.9 Å². The van der Waals surface area contributed by atoms with Crippen molar-refractivity contribution in [3.8, 4) is 5.75 Å². The number of methoxy groups -OCH3 is 1. The Hall–Kier alpha value is -1.02. The first-order chi connectivity index (χ1) is 7.93. The monoisotopic (exact) mass is 233 g/mol. The van der Waals surface area contributed by atoms with Crippen LogP contribution in [0.1, 0.15) is 36.5 Å². The van der Waals surface area contributed by atoms with Gasteiger partial charge in [-0.2, -0.15) is 0 Å². The van der Waals surface area contributed by atoms with E-state index in [1.54, 1.807) is 7.11 Å². The van der Waals surface area contributed by atoms with Crippen molar-refractivity contribution in [2.75, 3.05) is 13.7 Å². The molecular formula is C15H23NO. The molecule has 1 aromatic rings. The van der Waals surface area contributed by atoms with Crippen LogP contribution < -0.4 is 10.5 Å². The molecule has 0 unspecified atom stereocenters. The molecule has 1 aliphatic carbocycles. The maximum atomic E-state index is 5.86. The van der Waals surface area contributed by atoms with Crippen LogP contribution in [0.5, 0.6) is 5.75 Å². The number of rotatable bonds is 3. The van der Waals surface area contributed by atoms with Crippen molar-refractivity contribution >= 4 is 0 Å². The second-order valence-electron chi connectivity index (χ2n) is 5.82. The van der Waals surface area contributed by atoms with E-state index in [-0.39, 0.29) is 0 Å². The average molecular weight is 233 g/mol. The van der Waals surface area contributed by atoms with Gasteiger partial charge in [-0.15, -0.1) is 0 Å². The molecule has 94 valence electrons. The van der Waals surface area contributed by atoms with Crippen LogP contribution in [0, 0.1) is 25.2 Å². The van der Waals surface area contributed by atoms with Crippen LogP contribution in [0.25, 0.3) is 0 Å². The highest BCUT2D eigenvalue weighted by molar-refractivity contribution is 5.48. The predicted octanol–water partition coefficient (Wildman–Crippen LogP) is 3.01. The van der Waals surface area contributed by atoms with Crippen LogP contribution in [0.15, 0.2) is 12.1 Å². The van der Waals surface area contributed by atoms with Crippen molar-refractivity contribution in [1.82, 2.24) is 0 Å². The lowest BCUT2D eigenvalue weighted by Gasteiger charge is -2.13. The summed E-state index contributed by atoms with van der Waals surface area (Å²) < 4.78 is 5.53. The number of nitrogens with two attached hydrogens (primary N) is 1. The number of ether oxygens (including phenoxy) is 1. The molecule has 1 aliphatic rings. The highest BCUT2D eigenvalue weighted by Crippen LogP contribution is 2.65. The molecule has 0 aliphatic heterocycles. The van der Waals surface area contributed by atoms with Crippen LogP contribution in [0.2, 0.25) is 0 Å². The molecule has 0 saturated heterocycles. The van der Waals surface area contributed by atoms with Gasteiger partial charge < -0.3 is 10.5 Å². The Morgan fingerprint density at radius 3 is 2.29 bits per heavy atom. The SMILES string of the molecule is COc1cc(C)c(C)cc1[C@@H]1[C@@H](CN)C1(C)C. The van der Waals surface area contributed by atoms with Gasteiger partial charge >= 0.3 is 0 Å². The van der Waals surface area contributed by atoms with E-state index < -0.39 is 0 Å². The fraction of sp³-hybridized carbons (Fsp3) is 0.600. The molecule has 2 rings (SSSR count). The first-order valence-electron chi connectivity index (χ1n) is 6.28. The third kappa shape index (κ3) is 1.85. The average Bonchev–Trinajstić information content (AvgIpc) is 2.83. The van der Waals surface area contributed by atoms with E-state index in [1.807, 2.05) is 0 Å². The molecule has 0 bridgehead atoms. The maximum Gasteiger partial charge on any atom is 0.122 e. The molecule has 2 atom stereocenters. The first kappa shape index (κ1) is 12.4. The van der Waals surface area contributed by atoms with E-state index in [0.29, 0.717) is 17.3 Å². The summed E-state index contributed by atoms with van der Waals surface area (Å²) in [4.78, 5) is 0. The van der Waals surface area contributed by atoms with Gasteiger partial charge in [-0.05, 0) is 60.4 Å². The molecule has 17 heavy (non-hydrogen) atoms. The molecule has 2 nitrogen and oxygen atoms in total. The number of aryl methyl sites for hydroxylation is 2. The topological polar surface area (TPSA) is 35.2 Å². The van der Waals surface area contributed by atoms with Crippen LogP contribution in [0.3, 0.4) is 0 Å². The summed E-state index contributed by atoms with van der Waals surface area (Å²) in [5.74, 6) is 2.14. The van der Waals surface area contributed by atoms with E-state index in [9.17, 15) is 0 Å². The minimum Gasteiger partial charge on any atom is -0.496 e. The molecule has 2 N–H and O–H groups in total. The second-order valence-corrected chi connectivity index (χ2v) is 5.82. The molecule has 0 radical (unpaired) electrons. The van der Waals surface area contributed by atoms with Crippen molar-refractivity contribution in [2.45, 2.75) is 33.6 Å². The van der Waals surface area contributed by atoms with Crippen molar-refractivity contribution in [1.29, 1.82) is 0 Å². The highest BCUT2D eigenvalue weighted by atomic mass is 16.5. The van der Waals surface area contributed by atoms with E-state index >= 15 is 0 Å². The Morgan fingerprint density at radius 2 is 1.82 bits per heavy atom. The van der Waals surface area contributed by atoms with E-state index in [1.165, 1.54) is 16.7 Å². The minimum absolute atomic E-state index is 0.309. The lowest BCUT2D eigenvalue weighted by atomic mass is 9.98.